The molecule has 0 aromatic heterocycles. The van der Waals surface area contributed by atoms with Crippen LogP contribution in [0.25, 0.3) is 0 Å². The molecule has 1 aliphatic rings. The van der Waals surface area contributed by atoms with Gasteiger partial charge in [0, 0.05) is 26.2 Å². The van der Waals surface area contributed by atoms with Crippen molar-refractivity contribution < 1.29 is 13.2 Å². The Labute approximate surface area is 140 Å². The highest BCUT2D eigenvalue weighted by molar-refractivity contribution is 7.89. The SMILES string of the molecule is CCN1CCN(S(=O)(=O)c2cc(C(C)(C)C)ccc2OC)CC1. The number of benzene rings is 1. The van der Waals surface area contributed by atoms with Crippen LogP contribution in [0.15, 0.2) is 23.1 Å². The first kappa shape index (κ1) is 18.2. The molecule has 0 N–H and O–H groups in total. The minimum absolute atomic E-state index is 0.114. The van der Waals surface area contributed by atoms with Gasteiger partial charge in [-0.25, -0.2) is 8.42 Å². The van der Waals surface area contributed by atoms with E-state index >= 15 is 0 Å². The van der Waals surface area contributed by atoms with Gasteiger partial charge in [0.05, 0.1) is 7.11 Å². The summed E-state index contributed by atoms with van der Waals surface area (Å²) in [6, 6.07) is 5.46. The molecule has 0 spiro atoms. The molecule has 2 rings (SSSR count). The molecule has 1 fully saturated rings. The largest absolute Gasteiger partial charge is 0.495 e. The maximum Gasteiger partial charge on any atom is 0.246 e. The summed E-state index contributed by atoms with van der Waals surface area (Å²) >= 11 is 0. The van der Waals surface area contributed by atoms with E-state index in [2.05, 4.69) is 32.6 Å². The van der Waals surface area contributed by atoms with Crippen LogP contribution in [0.5, 0.6) is 5.75 Å². The number of hydrogen-bond donors (Lipinski definition) is 0. The van der Waals surface area contributed by atoms with E-state index < -0.39 is 10.0 Å². The Kier molecular flexibility index (Phi) is 5.38. The number of hydrogen-bond acceptors (Lipinski definition) is 4. The van der Waals surface area contributed by atoms with Crippen LogP contribution in [0.3, 0.4) is 0 Å². The Morgan fingerprint density at radius 1 is 1.13 bits per heavy atom. The summed E-state index contributed by atoms with van der Waals surface area (Å²) < 4.78 is 33.0. The van der Waals surface area contributed by atoms with Gasteiger partial charge < -0.3 is 9.64 Å². The van der Waals surface area contributed by atoms with Crippen LogP contribution in [-0.2, 0) is 15.4 Å². The molecule has 0 aliphatic carbocycles. The molecule has 1 saturated heterocycles. The summed E-state index contributed by atoms with van der Waals surface area (Å²) in [6.45, 7) is 11.9. The maximum atomic E-state index is 13.1. The number of piperazine rings is 1. The molecule has 1 aromatic carbocycles. The molecule has 1 aromatic rings. The third kappa shape index (κ3) is 3.87. The zero-order valence-corrected chi connectivity index (χ0v) is 15.6. The Hall–Kier alpha value is -1.11. The molecular weight excluding hydrogens is 312 g/mol. The lowest BCUT2D eigenvalue weighted by Gasteiger charge is -2.33. The molecule has 0 amide bonds. The molecule has 1 heterocycles. The fourth-order valence-corrected chi connectivity index (χ4v) is 4.37. The van der Waals surface area contributed by atoms with Crippen molar-refractivity contribution in [2.45, 2.75) is 38.0 Å². The highest BCUT2D eigenvalue weighted by atomic mass is 32.2. The predicted octanol–water partition coefficient (Wildman–Crippen LogP) is 2.32. The number of ether oxygens (including phenoxy) is 1. The minimum Gasteiger partial charge on any atom is -0.495 e. The highest BCUT2D eigenvalue weighted by Crippen LogP contribution is 2.32. The lowest BCUT2D eigenvalue weighted by molar-refractivity contribution is 0.196. The van der Waals surface area contributed by atoms with E-state index in [1.54, 1.807) is 16.4 Å². The van der Waals surface area contributed by atoms with Gasteiger partial charge in [-0.15, -0.1) is 0 Å². The first-order valence-electron chi connectivity index (χ1n) is 8.11. The van der Waals surface area contributed by atoms with Gasteiger partial charge in [-0.05, 0) is 29.7 Å². The third-order valence-corrected chi connectivity index (χ3v) is 6.35. The zero-order chi connectivity index (χ0) is 17.3. The van der Waals surface area contributed by atoms with E-state index in [4.69, 9.17) is 4.74 Å². The molecule has 0 atom stereocenters. The van der Waals surface area contributed by atoms with Gasteiger partial charge in [-0.1, -0.05) is 33.8 Å². The van der Waals surface area contributed by atoms with Gasteiger partial charge in [0.2, 0.25) is 10.0 Å². The number of rotatable bonds is 4. The third-order valence-electron chi connectivity index (χ3n) is 4.43. The minimum atomic E-state index is -3.54. The van der Waals surface area contributed by atoms with E-state index in [1.165, 1.54) is 7.11 Å². The maximum absolute atomic E-state index is 13.1. The zero-order valence-electron chi connectivity index (χ0n) is 14.8. The average molecular weight is 340 g/mol. The Morgan fingerprint density at radius 2 is 1.74 bits per heavy atom. The van der Waals surface area contributed by atoms with Crippen molar-refractivity contribution in [3.05, 3.63) is 23.8 Å². The summed E-state index contributed by atoms with van der Waals surface area (Å²) in [5, 5.41) is 0. The van der Waals surface area contributed by atoms with Gasteiger partial charge in [-0.2, -0.15) is 4.31 Å². The quantitative estimate of drug-likeness (QED) is 0.844. The molecule has 130 valence electrons. The standard InChI is InChI=1S/C17H28N2O3S/c1-6-18-9-11-19(12-10-18)23(20,21)16-13-14(17(2,3)4)7-8-15(16)22-5/h7-8,13H,6,9-12H2,1-5H3. The van der Waals surface area contributed by atoms with Gasteiger partial charge in [-0.3, -0.25) is 0 Å². The molecule has 0 unspecified atom stereocenters. The topological polar surface area (TPSA) is 49.9 Å². The molecular formula is C17H28N2O3S. The van der Waals surface area contributed by atoms with Gasteiger partial charge in [0.25, 0.3) is 0 Å². The second-order valence-electron chi connectivity index (χ2n) is 6.95. The van der Waals surface area contributed by atoms with E-state index in [9.17, 15) is 8.42 Å². The van der Waals surface area contributed by atoms with Crippen molar-refractivity contribution in [2.24, 2.45) is 0 Å². The molecule has 0 radical (unpaired) electrons. The van der Waals surface area contributed by atoms with Crippen molar-refractivity contribution in [3.63, 3.8) is 0 Å². The monoisotopic (exact) mass is 340 g/mol. The summed E-state index contributed by atoms with van der Waals surface area (Å²) in [6.07, 6.45) is 0. The first-order valence-corrected chi connectivity index (χ1v) is 9.55. The highest BCUT2D eigenvalue weighted by Gasteiger charge is 2.31. The molecule has 1 aliphatic heterocycles. The van der Waals surface area contributed by atoms with Crippen molar-refractivity contribution in [1.29, 1.82) is 0 Å². The summed E-state index contributed by atoms with van der Waals surface area (Å²) in [5.41, 5.74) is 0.876. The second-order valence-corrected chi connectivity index (χ2v) is 8.86. The summed E-state index contributed by atoms with van der Waals surface area (Å²) in [4.78, 5) is 2.53. The number of likely N-dealkylation sites (N-methyl/N-ethyl adjacent to an activating group) is 1. The lowest BCUT2D eigenvalue weighted by atomic mass is 9.87. The lowest BCUT2D eigenvalue weighted by Crippen LogP contribution is -2.48. The van der Waals surface area contributed by atoms with Crippen molar-refractivity contribution in [2.75, 3.05) is 39.8 Å². The Morgan fingerprint density at radius 3 is 2.22 bits per heavy atom. The predicted molar refractivity (Wildman–Crippen MR) is 92.6 cm³/mol. The van der Waals surface area contributed by atoms with Crippen LogP contribution in [0.1, 0.15) is 33.3 Å². The van der Waals surface area contributed by atoms with Crippen molar-refractivity contribution in [1.82, 2.24) is 9.21 Å². The van der Waals surface area contributed by atoms with Crippen LogP contribution < -0.4 is 4.74 Å². The van der Waals surface area contributed by atoms with Crippen LogP contribution in [0, 0.1) is 0 Å². The molecule has 23 heavy (non-hydrogen) atoms. The number of nitrogens with zero attached hydrogens (tertiary/aromatic N) is 2. The van der Waals surface area contributed by atoms with Gasteiger partial charge in [0.1, 0.15) is 10.6 Å². The molecule has 6 heteroatoms. The molecule has 0 saturated carbocycles. The fraction of sp³-hybridized carbons (Fsp3) is 0.647. The molecule has 5 nitrogen and oxygen atoms in total. The van der Waals surface area contributed by atoms with Gasteiger partial charge in [0.15, 0.2) is 0 Å². The smallest absolute Gasteiger partial charge is 0.246 e. The summed E-state index contributed by atoms with van der Waals surface area (Å²) in [5.74, 6) is 0.413. The number of sulfonamides is 1. The van der Waals surface area contributed by atoms with Crippen LogP contribution >= 0.6 is 0 Å². The second kappa shape index (κ2) is 6.79. The van der Waals surface area contributed by atoms with Crippen molar-refractivity contribution in [3.8, 4) is 5.75 Å². The van der Waals surface area contributed by atoms with E-state index in [-0.39, 0.29) is 10.3 Å². The van der Waals surface area contributed by atoms with Gasteiger partial charge >= 0.3 is 0 Å². The molecule has 0 bridgehead atoms. The Balaban J connectivity index is 2.39. The van der Waals surface area contributed by atoms with Crippen LogP contribution in [0.4, 0.5) is 0 Å². The average Bonchev–Trinajstić information content (AvgIpc) is 2.53. The van der Waals surface area contributed by atoms with Crippen LogP contribution in [-0.4, -0.2) is 57.5 Å². The van der Waals surface area contributed by atoms with Crippen molar-refractivity contribution >= 4 is 10.0 Å². The Bertz CT molecular complexity index is 642. The number of methoxy groups -OCH3 is 1. The van der Waals surface area contributed by atoms with E-state index in [0.717, 1.165) is 25.2 Å². The van der Waals surface area contributed by atoms with Crippen LogP contribution in [0.2, 0.25) is 0 Å². The fourth-order valence-electron chi connectivity index (χ4n) is 2.77. The van der Waals surface area contributed by atoms with E-state index in [1.807, 2.05) is 6.07 Å². The normalized spacial score (nSPS) is 18.1. The van der Waals surface area contributed by atoms with E-state index in [0.29, 0.717) is 18.8 Å². The first-order chi connectivity index (χ1) is 10.7. The summed E-state index contributed by atoms with van der Waals surface area (Å²) in [7, 11) is -2.02.